The fraction of sp³-hybridized carbons (Fsp3) is 0.756. The number of ether oxygens (including phenoxy) is 9. The van der Waals surface area contributed by atoms with E-state index in [9.17, 15) is 24.0 Å². The van der Waals surface area contributed by atoms with Crippen molar-refractivity contribution in [3.8, 4) is 0 Å². The predicted octanol–water partition coefficient (Wildman–Crippen LogP) is 2.31. The van der Waals surface area contributed by atoms with Crippen molar-refractivity contribution in [2.75, 3.05) is 124 Å². The molecule has 1 rings (SSSR count). The van der Waals surface area contributed by atoms with Gasteiger partial charge < -0.3 is 74.9 Å². The Labute approximate surface area is 386 Å². The van der Waals surface area contributed by atoms with Crippen LogP contribution in [0.5, 0.6) is 0 Å². The molecule has 0 bridgehead atoms. The summed E-state index contributed by atoms with van der Waals surface area (Å²) >= 11 is 0. The zero-order valence-corrected chi connectivity index (χ0v) is 40.0. The Morgan fingerprint density at radius 2 is 1.06 bits per heavy atom. The van der Waals surface area contributed by atoms with Gasteiger partial charge in [0.25, 0.3) is 0 Å². The molecule has 65 heavy (non-hydrogen) atoms. The van der Waals surface area contributed by atoms with Crippen molar-refractivity contribution in [1.29, 1.82) is 0 Å². The van der Waals surface area contributed by atoms with E-state index in [0.717, 1.165) is 12.1 Å². The van der Waals surface area contributed by atoms with Gasteiger partial charge in [-0.05, 0) is 57.2 Å². The summed E-state index contributed by atoms with van der Waals surface area (Å²) in [5.74, 6) is -2.06. The van der Waals surface area contributed by atoms with Gasteiger partial charge >= 0.3 is 12.0 Å². The van der Waals surface area contributed by atoms with Crippen LogP contribution in [0.25, 0.3) is 0 Å². The molecule has 1 aromatic carbocycles. The Balaban J connectivity index is 2.22. The number of urea groups is 1. The highest BCUT2D eigenvalue weighted by Crippen LogP contribution is 2.18. The smallest absolute Gasteiger partial charge is 0.312 e. The van der Waals surface area contributed by atoms with E-state index in [1.807, 2.05) is 0 Å². The van der Waals surface area contributed by atoms with Gasteiger partial charge in [0.2, 0.25) is 17.7 Å². The minimum absolute atomic E-state index is 0.0100. The van der Waals surface area contributed by atoms with Crippen LogP contribution in [0.3, 0.4) is 0 Å². The Morgan fingerprint density at radius 3 is 1.49 bits per heavy atom. The summed E-state index contributed by atoms with van der Waals surface area (Å²) in [6.45, 7) is 21.1. The number of primary amides is 1. The van der Waals surface area contributed by atoms with Crippen LogP contribution in [0, 0.1) is 11.3 Å². The zero-order valence-electron chi connectivity index (χ0n) is 40.0. The fourth-order valence-electron chi connectivity index (χ4n) is 5.33. The van der Waals surface area contributed by atoms with Crippen molar-refractivity contribution in [3.05, 3.63) is 29.8 Å². The first kappa shape index (κ1) is 59.0. The SMILES string of the molecule is CC(C)NCCOCCOCCOCCOCCOCCOCCOCCOCCC(=O)N[C@H](C(=O)N[C@@H](CCCNC(N)=O)C(=O)Nc1ccc(COC(=O)C(C)(C)C)cc1)C(C)C. The van der Waals surface area contributed by atoms with Gasteiger partial charge in [0.15, 0.2) is 0 Å². The molecule has 1 aromatic rings. The molecule has 0 aliphatic carbocycles. The van der Waals surface area contributed by atoms with Gasteiger partial charge in [0, 0.05) is 31.2 Å². The third kappa shape index (κ3) is 33.2. The number of hydrogen-bond acceptors (Lipinski definition) is 15. The van der Waals surface area contributed by atoms with Crippen molar-refractivity contribution in [2.24, 2.45) is 17.1 Å². The Hall–Kier alpha value is -3.99. The molecule has 0 radical (unpaired) electrons. The number of amides is 5. The van der Waals surface area contributed by atoms with Gasteiger partial charge in [0.05, 0.1) is 111 Å². The fourth-order valence-corrected chi connectivity index (χ4v) is 5.33. The molecule has 5 amide bonds. The lowest BCUT2D eigenvalue weighted by Crippen LogP contribution is -2.54. The first-order valence-electron chi connectivity index (χ1n) is 22.7. The Kier molecular flexibility index (Phi) is 33.7. The van der Waals surface area contributed by atoms with Crippen molar-refractivity contribution in [2.45, 2.75) is 92.5 Å². The van der Waals surface area contributed by atoms with Crippen LogP contribution >= 0.6 is 0 Å². The van der Waals surface area contributed by atoms with Crippen molar-refractivity contribution < 1.29 is 66.6 Å². The van der Waals surface area contributed by atoms with E-state index in [-0.39, 0.29) is 51.1 Å². The molecule has 0 saturated heterocycles. The number of rotatable bonds is 40. The lowest BCUT2D eigenvalue weighted by molar-refractivity contribution is -0.154. The maximum absolute atomic E-state index is 13.5. The van der Waals surface area contributed by atoms with Crippen molar-refractivity contribution in [1.82, 2.24) is 21.3 Å². The number of anilines is 1. The predicted molar refractivity (Wildman–Crippen MR) is 244 cm³/mol. The molecule has 20 heteroatoms. The topological polar surface area (TPSA) is 255 Å². The van der Waals surface area contributed by atoms with E-state index in [4.69, 9.17) is 48.4 Å². The monoisotopic (exact) mass is 929 g/mol. The molecule has 0 fully saturated rings. The molecule has 20 nitrogen and oxygen atoms in total. The van der Waals surface area contributed by atoms with Crippen LogP contribution < -0.4 is 32.3 Å². The number of benzene rings is 1. The van der Waals surface area contributed by atoms with E-state index in [1.165, 1.54) is 0 Å². The zero-order chi connectivity index (χ0) is 48.1. The first-order chi connectivity index (χ1) is 31.1. The molecule has 0 saturated carbocycles. The van der Waals surface area contributed by atoms with Gasteiger partial charge in [-0.1, -0.05) is 39.8 Å². The average molecular weight is 929 g/mol. The van der Waals surface area contributed by atoms with Crippen LogP contribution in [0.4, 0.5) is 10.5 Å². The molecule has 0 heterocycles. The van der Waals surface area contributed by atoms with Gasteiger partial charge in [-0.15, -0.1) is 0 Å². The van der Waals surface area contributed by atoms with E-state index >= 15 is 0 Å². The van der Waals surface area contributed by atoms with Gasteiger partial charge in [-0.3, -0.25) is 19.2 Å². The molecule has 2 atom stereocenters. The van der Waals surface area contributed by atoms with E-state index in [2.05, 4.69) is 40.4 Å². The Bertz CT molecular complexity index is 1430. The van der Waals surface area contributed by atoms with E-state index in [0.29, 0.717) is 111 Å². The molecule has 0 unspecified atom stereocenters. The molecule has 0 aromatic heterocycles. The molecule has 0 aliphatic rings. The van der Waals surface area contributed by atoms with Crippen LogP contribution in [0.15, 0.2) is 24.3 Å². The first-order valence-corrected chi connectivity index (χ1v) is 22.7. The minimum atomic E-state index is -0.997. The van der Waals surface area contributed by atoms with Crippen LogP contribution in [-0.2, 0) is 68.4 Å². The van der Waals surface area contributed by atoms with E-state index < -0.39 is 41.3 Å². The maximum atomic E-state index is 13.5. The summed E-state index contributed by atoms with van der Waals surface area (Å²) in [6, 6.07) is 4.58. The molecule has 0 spiro atoms. The van der Waals surface area contributed by atoms with Gasteiger partial charge in [-0.2, -0.15) is 0 Å². The van der Waals surface area contributed by atoms with Crippen LogP contribution in [0.2, 0.25) is 0 Å². The quantitative estimate of drug-likeness (QED) is 0.0408. The maximum Gasteiger partial charge on any atom is 0.312 e. The lowest BCUT2D eigenvalue weighted by Gasteiger charge is -2.25. The summed E-state index contributed by atoms with van der Waals surface area (Å²) in [4.78, 5) is 62.9. The third-order valence-corrected chi connectivity index (χ3v) is 8.95. The number of carbonyl (C=O) groups excluding carboxylic acids is 5. The number of esters is 1. The molecule has 7 N–H and O–H groups in total. The summed E-state index contributed by atoms with van der Waals surface area (Å²) < 4.78 is 49.3. The number of hydrogen-bond donors (Lipinski definition) is 6. The van der Waals surface area contributed by atoms with Crippen molar-refractivity contribution >= 4 is 35.4 Å². The second-order valence-corrected chi connectivity index (χ2v) is 16.6. The van der Waals surface area contributed by atoms with E-state index in [1.54, 1.807) is 58.9 Å². The number of nitrogens with one attached hydrogen (secondary N) is 5. The highest BCUT2D eigenvalue weighted by atomic mass is 16.6. The summed E-state index contributed by atoms with van der Waals surface area (Å²) in [5, 5.41) is 14.1. The van der Waals surface area contributed by atoms with Crippen molar-refractivity contribution in [3.63, 3.8) is 0 Å². The van der Waals surface area contributed by atoms with Gasteiger partial charge in [0.1, 0.15) is 18.7 Å². The summed E-state index contributed by atoms with van der Waals surface area (Å²) in [5.41, 5.74) is 5.73. The second-order valence-electron chi connectivity index (χ2n) is 16.6. The molecular weight excluding hydrogens is 849 g/mol. The summed E-state index contributed by atoms with van der Waals surface area (Å²) in [6.07, 6.45) is 0.521. The molecule has 374 valence electrons. The average Bonchev–Trinajstić information content (AvgIpc) is 3.25. The highest BCUT2D eigenvalue weighted by molar-refractivity contribution is 5.98. The van der Waals surface area contributed by atoms with Gasteiger partial charge in [-0.25, -0.2) is 4.79 Å². The Morgan fingerprint density at radius 1 is 0.600 bits per heavy atom. The third-order valence-electron chi connectivity index (χ3n) is 8.95. The summed E-state index contributed by atoms with van der Waals surface area (Å²) in [7, 11) is 0. The van der Waals surface area contributed by atoms with Crippen LogP contribution in [0.1, 0.15) is 73.3 Å². The van der Waals surface area contributed by atoms with Crippen LogP contribution in [-0.4, -0.2) is 167 Å². The number of nitrogens with two attached hydrogens (primary N) is 1. The number of carbonyl (C=O) groups is 5. The second kappa shape index (κ2) is 37.1. The highest BCUT2D eigenvalue weighted by Gasteiger charge is 2.29. The lowest BCUT2D eigenvalue weighted by atomic mass is 9.97. The molecular formula is C45H80N6O14. The standard InChI is InChI=1S/C45H80N6O14/c1-34(2)40(42(54)50-38(9-8-15-48-44(46)56)41(53)49-37-12-10-36(11-13-37)33-65-43(55)45(5,6)7)51-39(52)14-17-57-19-21-59-23-25-61-27-29-63-31-32-64-30-28-62-26-24-60-22-20-58-18-16-47-35(3)4/h10-13,34-35,38,40,47H,8-9,14-33H2,1-7H3,(H,49,53)(H,50,54)(H,51,52)(H3,46,48,56)/t38-,40-/m0/s1. The normalized spacial score (nSPS) is 12.5. The minimum Gasteiger partial charge on any atom is -0.460 e. The largest absolute Gasteiger partial charge is 0.460 e. The molecule has 0 aliphatic heterocycles.